The number of alkyl halides is 1. The third kappa shape index (κ3) is 3.98. The molecule has 1 amide bonds. The van der Waals surface area contributed by atoms with E-state index >= 15 is 0 Å². The van der Waals surface area contributed by atoms with Crippen molar-refractivity contribution < 1.29 is 14.3 Å². The first-order chi connectivity index (χ1) is 16.1. The summed E-state index contributed by atoms with van der Waals surface area (Å²) in [6.45, 7) is 6.08. The third-order valence-electron chi connectivity index (χ3n) is 7.38. The molecule has 1 N–H and O–H groups in total. The zero-order valence-electron chi connectivity index (χ0n) is 19.4. The highest BCUT2D eigenvalue weighted by atomic mass is 35.5. The number of morpholine rings is 1. The largest absolute Gasteiger partial charge is 0.383 e. The second kappa shape index (κ2) is 9.16. The minimum absolute atomic E-state index is 0.0407. The molecule has 0 spiro atoms. The maximum Gasteiger partial charge on any atom is 0.238 e. The Morgan fingerprint density at radius 3 is 2.79 bits per heavy atom. The average molecular weight is 470 g/mol. The van der Waals surface area contributed by atoms with E-state index in [2.05, 4.69) is 53.2 Å². The third-order valence-corrected chi connectivity index (χ3v) is 7.61. The summed E-state index contributed by atoms with van der Waals surface area (Å²) in [4.78, 5) is 21.3. The second-order valence-corrected chi connectivity index (χ2v) is 9.75. The van der Waals surface area contributed by atoms with Gasteiger partial charge in [-0.2, -0.15) is 0 Å². The number of amides is 1. The topological polar surface area (TPSA) is 57.8 Å². The molecule has 3 atom stereocenters. The Hall–Kier alpha value is -2.28. The highest BCUT2D eigenvalue weighted by Gasteiger charge is 2.47. The molecule has 0 saturated carbocycles. The number of allylic oxidation sites excluding steroid dienone is 2. The number of para-hydroxylation sites is 1. The first-order valence-corrected chi connectivity index (χ1v) is 12.3. The number of aromatic amines is 1. The van der Waals surface area contributed by atoms with Gasteiger partial charge in [-0.1, -0.05) is 37.3 Å². The van der Waals surface area contributed by atoms with Gasteiger partial charge in [-0.25, -0.2) is 0 Å². The molecule has 5 rings (SSSR count). The lowest BCUT2D eigenvalue weighted by Gasteiger charge is -2.49. The van der Waals surface area contributed by atoms with Gasteiger partial charge >= 0.3 is 0 Å². The van der Waals surface area contributed by atoms with Crippen LogP contribution >= 0.6 is 11.6 Å². The van der Waals surface area contributed by atoms with Crippen molar-refractivity contribution >= 4 is 28.4 Å². The summed E-state index contributed by atoms with van der Waals surface area (Å²) in [6, 6.07) is 8.19. The number of rotatable bonds is 5. The maximum absolute atomic E-state index is 13.2. The number of carbonyl (C=O) groups excluding carboxylic acids is 1. The van der Waals surface area contributed by atoms with Gasteiger partial charge in [0.15, 0.2) is 0 Å². The quantitative estimate of drug-likeness (QED) is 0.672. The first-order valence-electron chi connectivity index (χ1n) is 11.7. The van der Waals surface area contributed by atoms with E-state index in [0.717, 1.165) is 50.4 Å². The van der Waals surface area contributed by atoms with E-state index in [1.807, 2.05) is 11.0 Å². The summed E-state index contributed by atoms with van der Waals surface area (Å²) in [6.07, 6.45) is 8.42. The fourth-order valence-electron chi connectivity index (χ4n) is 5.75. The molecule has 2 aromatic rings. The summed E-state index contributed by atoms with van der Waals surface area (Å²) in [7, 11) is 1.70. The minimum atomic E-state index is -0.278. The molecule has 176 valence electrons. The van der Waals surface area contributed by atoms with Gasteiger partial charge in [0.05, 0.1) is 31.9 Å². The molecule has 1 aromatic carbocycles. The fraction of sp³-hybridized carbons (Fsp3) is 0.500. The van der Waals surface area contributed by atoms with Crippen LogP contribution in [0, 0.1) is 5.41 Å². The maximum atomic E-state index is 13.2. The Morgan fingerprint density at radius 2 is 2.09 bits per heavy atom. The van der Waals surface area contributed by atoms with Crippen molar-refractivity contribution in [2.75, 3.05) is 45.9 Å². The summed E-state index contributed by atoms with van der Waals surface area (Å²) in [5.41, 5.74) is 4.48. The van der Waals surface area contributed by atoms with Crippen LogP contribution in [-0.4, -0.2) is 72.6 Å². The highest BCUT2D eigenvalue weighted by Crippen LogP contribution is 2.50. The van der Waals surface area contributed by atoms with Gasteiger partial charge in [-0.15, -0.1) is 11.6 Å². The number of benzene rings is 1. The van der Waals surface area contributed by atoms with Crippen LogP contribution in [0.4, 0.5) is 0 Å². The van der Waals surface area contributed by atoms with Crippen LogP contribution in [0.3, 0.4) is 0 Å². The van der Waals surface area contributed by atoms with E-state index in [4.69, 9.17) is 21.1 Å². The van der Waals surface area contributed by atoms with Crippen molar-refractivity contribution in [1.82, 2.24) is 14.8 Å². The van der Waals surface area contributed by atoms with Crippen molar-refractivity contribution in [3.63, 3.8) is 0 Å². The monoisotopic (exact) mass is 469 g/mol. The van der Waals surface area contributed by atoms with Crippen molar-refractivity contribution in [2.45, 2.75) is 31.8 Å². The van der Waals surface area contributed by atoms with Crippen molar-refractivity contribution in [3.8, 4) is 0 Å². The minimum Gasteiger partial charge on any atom is -0.383 e. The molecule has 3 heterocycles. The molecular weight excluding hydrogens is 438 g/mol. The van der Waals surface area contributed by atoms with Crippen LogP contribution in [-0.2, 0) is 20.7 Å². The van der Waals surface area contributed by atoms with E-state index < -0.39 is 0 Å². The number of nitrogens with zero attached hydrogens (tertiary/aromatic N) is 2. The lowest BCUT2D eigenvalue weighted by Crippen LogP contribution is -2.54. The molecule has 1 saturated heterocycles. The van der Waals surface area contributed by atoms with Crippen LogP contribution in [0.15, 0.2) is 48.2 Å². The Labute approximate surface area is 200 Å². The number of hydrogen-bond acceptors (Lipinski definition) is 4. The standard InChI is InChI=1S/C26H32ClN3O3/c1-26(9-7-18(8-10-26)29-11-13-33-14-12-29)25-24-21(20-5-3-4-6-22(20)28-24)15-19(17-32-2)30(25)23(31)16-27/h3-9,19,25,28H,10-17H2,1-2H3/t19-,25-,26?/m1/s1. The number of methoxy groups -OCH3 is 1. The number of aromatic nitrogens is 1. The van der Waals surface area contributed by atoms with E-state index in [9.17, 15) is 4.79 Å². The number of nitrogens with one attached hydrogen (secondary N) is 1. The van der Waals surface area contributed by atoms with E-state index in [1.54, 1.807) is 7.11 Å². The Balaban J connectivity index is 1.58. The van der Waals surface area contributed by atoms with Crippen molar-refractivity contribution in [2.24, 2.45) is 5.41 Å². The molecule has 33 heavy (non-hydrogen) atoms. The van der Waals surface area contributed by atoms with E-state index in [0.29, 0.717) is 6.61 Å². The number of ether oxygens (including phenoxy) is 2. The summed E-state index contributed by atoms with van der Waals surface area (Å²) < 4.78 is 11.1. The molecule has 1 aromatic heterocycles. The zero-order chi connectivity index (χ0) is 23.0. The van der Waals surface area contributed by atoms with Crippen LogP contribution in [0.2, 0.25) is 0 Å². The highest BCUT2D eigenvalue weighted by molar-refractivity contribution is 6.27. The molecule has 6 nitrogen and oxygen atoms in total. The first kappa shape index (κ1) is 22.5. The molecule has 7 heteroatoms. The Morgan fingerprint density at radius 1 is 1.30 bits per heavy atom. The van der Waals surface area contributed by atoms with Crippen LogP contribution in [0.1, 0.15) is 30.6 Å². The predicted octanol–water partition coefficient (Wildman–Crippen LogP) is 4.03. The van der Waals surface area contributed by atoms with Crippen molar-refractivity contribution in [1.29, 1.82) is 0 Å². The molecule has 1 aliphatic carbocycles. The number of H-pyrrole nitrogens is 1. The predicted molar refractivity (Wildman–Crippen MR) is 130 cm³/mol. The summed E-state index contributed by atoms with van der Waals surface area (Å²) in [5.74, 6) is -0.0911. The average Bonchev–Trinajstić information content (AvgIpc) is 3.22. The number of hydrogen-bond donors (Lipinski definition) is 1. The molecular formula is C26H32ClN3O3. The molecule has 2 aliphatic heterocycles. The molecule has 1 fully saturated rings. The van der Waals surface area contributed by atoms with Gasteiger partial charge in [0, 0.05) is 47.9 Å². The molecule has 3 aliphatic rings. The van der Waals surface area contributed by atoms with Gasteiger partial charge in [-0.3, -0.25) is 4.79 Å². The molecule has 0 bridgehead atoms. The number of fused-ring (bicyclic) bond motifs is 3. The lowest BCUT2D eigenvalue weighted by molar-refractivity contribution is -0.139. The fourth-order valence-corrected chi connectivity index (χ4v) is 5.89. The van der Waals surface area contributed by atoms with Gasteiger partial charge in [0.1, 0.15) is 5.88 Å². The van der Waals surface area contributed by atoms with Gasteiger partial charge in [0.25, 0.3) is 0 Å². The summed E-state index contributed by atoms with van der Waals surface area (Å²) in [5, 5.41) is 1.23. The lowest BCUT2D eigenvalue weighted by atomic mass is 9.71. The molecule has 0 radical (unpaired) electrons. The Bertz CT molecular complexity index is 1090. The van der Waals surface area contributed by atoms with Crippen LogP contribution in [0.5, 0.6) is 0 Å². The Kier molecular flexibility index (Phi) is 6.25. The van der Waals surface area contributed by atoms with Crippen molar-refractivity contribution in [3.05, 3.63) is 59.4 Å². The van der Waals surface area contributed by atoms with Gasteiger partial charge in [-0.05, 0) is 30.5 Å². The second-order valence-electron chi connectivity index (χ2n) is 9.48. The van der Waals surface area contributed by atoms with Crippen LogP contribution in [0.25, 0.3) is 10.9 Å². The normalized spacial score (nSPS) is 27.5. The van der Waals surface area contributed by atoms with Gasteiger partial charge in [0.2, 0.25) is 5.91 Å². The number of carbonyl (C=O) groups is 1. The van der Waals surface area contributed by atoms with Gasteiger partial charge < -0.3 is 24.3 Å². The number of halogens is 1. The van der Waals surface area contributed by atoms with Crippen LogP contribution < -0.4 is 0 Å². The summed E-state index contributed by atoms with van der Waals surface area (Å²) >= 11 is 6.14. The SMILES string of the molecule is COC[C@H]1Cc2c([nH]c3ccccc23)[C@H](C2(C)C=CC(N3CCOCC3)=CC2)N1C(=O)CCl. The van der Waals surface area contributed by atoms with E-state index in [-0.39, 0.29) is 29.3 Å². The molecule has 1 unspecified atom stereocenters. The zero-order valence-corrected chi connectivity index (χ0v) is 20.1. The van der Waals surface area contributed by atoms with E-state index in [1.165, 1.54) is 16.6 Å². The smallest absolute Gasteiger partial charge is 0.238 e.